The second kappa shape index (κ2) is 5.69. The van der Waals surface area contributed by atoms with Crippen molar-refractivity contribution >= 4 is 39.8 Å². The summed E-state index contributed by atoms with van der Waals surface area (Å²) in [7, 11) is 0. The maximum Gasteiger partial charge on any atom is 0.271 e. The predicted molar refractivity (Wildman–Crippen MR) is 87.3 cm³/mol. The van der Waals surface area contributed by atoms with Crippen molar-refractivity contribution in [2.45, 2.75) is 6.92 Å². The van der Waals surface area contributed by atoms with E-state index in [4.69, 9.17) is 11.6 Å². The van der Waals surface area contributed by atoms with Crippen LogP contribution in [0.4, 0.5) is 17.2 Å². The van der Waals surface area contributed by atoms with Gasteiger partial charge in [0.25, 0.3) is 5.69 Å². The Bertz CT molecular complexity index is 930. The van der Waals surface area contributed by atoms with Gasteiger partial charge in [-0.2, -0.15) is 0 Å². The van der Waals surface area contributed by atoms with Crippen LogP contribution in [0, 0.1) is 17.0 Å². The quantitative estimate of drug-likeness (QED) is 0.428. The summed E-state index contributed by atoms with van der Waals surface area (Å²) in [6, 6.07) is 9.05. The lowest BCUT2D eigenvalue weighted by atomic mass is 10.2. The van der Waals surface area contributed by atoms with E-state index in [0.29, 0.717) is 16.9 Å². The first-order chi connectivity index (χ1) is 10.9. The fraction of sp³-hybridized carbons (Fsp3) is 0.0667. The summed E-state index contributed by atoms with van der Waals surface area (Å²) >= 11 is 6.11. The average molecular weight is 331 g/mol. The Balaban J connectivity index is 2.03. The van der Waals surface area contributed by atoms with E-state index >= 15 is 0 Å². The number of anilines is 2. The molecule has 8 heteroatoms. The van der Waals surface area contributed by atoms with Crippen LogP contribution in [0.25, 0.3) is 11.0 Å². The number of nitro benzene ring substituents is 1. The van der Waals surface area contributed by atoms with E-state index in [1.807, 2.05) is 6.92 Å². The Morgan fingerprint density at radius 1 is 1.17 bits per heavy atom. The van der Waals surface area contributed by atoms with Crippen LogP contribution < -0.4 is 5.32 Å². The van der Waals surface area contributed by atoms with Crippen molar-refractivity contribution in [3.8, 4) is 5.75 Å². The molecule has 0 aliphatic rings. The van der Waals surface area contributed by atoms with Gasteiger partial charge in [0, 0.05) is 17.8 Å². The number of aromatic nitrogens is 2. The van der Waals surface area contributed by atoms with Crippen LogP contribution >= 0.6 is 11.6 Å². The molecule has 1 aromatic heterocycles. The van der Waals surface area contributed by atoms with Gasteiger partial charge in [-0.25, -0.2) is 9.97 Å². The largest absolute Gasteiger partial charge is 0.508 e. The van der Waals surface area contributed by atoms with Crippen LogP contribution in [-0.2, 0) is 0 Å². The standard InChI is InChI=1S/C15H11ClN4O3/c1-8-6-10(21)3-5-11(8)18-15-14(16)17-13-7-9(20(22)23)2-4-12(13)19-15/h2-7,21H,1H3,(H,18,19). The lowest BCUT2D eigenvalue weighted by Gasteiger charge is -2.11. The lowest BCUT2D eigenvalue weighted by Crippen LogP contribution is -1.99. The highest BCUT2D eigenvalue weighted by Crippen LogP contribution is 2.28. The van der Waals surface area contributed by atoms with Crippen LogP contribution in [0.3, 0.4) is 0 Å². The molecule has 2 N–H and O–H groups in total. The van der Waals surface area contributed by atoms with Crippen LogP contribution in [0.2, 0.25) is 5.15 Å². The molecule has 1 heterocycles. The van der Waals surface area contributed by atoms with Gasteiger partial charge in [0.05, 0.1) is 16.0 Å². The first-order valence-corrected chi connectivity index (χ1v) is 7.00. The monoisotopic (exact) mass is 330 g/mol. The van der Waals surface area contributed by atoms with E-state index in [2.05, 4.69) is 15.3 Å². The van der Waals surface area contributed by atoms with Crippen molar-refractivity contribution in [2.24, 2.45) is 0 Å². The fourth-order valence-corrected chi connectivity index (χ4v) is 2.31. The van der Waals surface area contributed by atoms with Gasteiger partial charge < -0.3 is 10.4 Å². The summed E-state index contributed by atoms with van der Waals surface area (Å²) in [5.41, 5.74) is 2.29. The molecular formula is C15H11ClN4O3. The van der Waals surface area contributed by atoms with E-state index in [9.17, 15) is 15.2 Å². The number of nitrogens with zero attached hydrogens (tertiary/aromatic N) is 3. The second-order valence-electron chi connectivity index (χ2n) is 4.92. The number of aryl methyl sites for hydroxylation is 1. The molecule has 116 valence electrons. The van der Waals surface area contributed by atoms with Crippen molar-refractivity contribution < 1.29 is 10.0 Å². The molecule has 7 nitrogen and oxygen atoms in total. The number of benzene rings is 2. The summed E-state index contributed by atoms with van der Waals surface area (Å²) in [6.45, 7) is 1.83. The highest BCUT2D eigenvalue weighted by atomic mass is 35.5. The summed E-state index contributed by atoms with van der Waals surface area (Å²) in [5, 5.41) is 23.4. The topological polar surface area (TPSA) is 101 Å². The van der Waals surface area contributed by atoms with Crippen molar-refractivity contribution in [3.63, 3.8) is 0 Å². The summed E-state index contributed by atoms with van der Waals surface area (Å²) in [6.07, 6.45) is 0. The van der Waals surface area contributed by atoms with Gasteiger partial charge >= 0.3 is 0 Å². The van der Waals surface area contributed by atoms with Gasteiger partial charge in [-0.15, -0.1) is 0 Å². The van der Waals surface area contributed by atoms with E-state index in [1.54, 1.807) is 18.2 Å². The zero-order chi connectivity index (χ0) is 16.6. The fourth-order valence-electron chi connectivity index (χ4n) is 2.13. The highest BCUT2D eigenvalue weighted by molar-refractivity contribution is 6.32. The van der Waals surface area contributed by atoms with Crippen molar-refractivity contribution in [1.29, 1.82) is 0 Å². The zero-order valence-corrected chi connectivity index (χ0v) is 12.7. The zero-order valence-electron chi connectivity index (χ0n) is 11.9. The Hall–Kier alpha value is -2.93. The van der Waals surface area contributed by atoms with Gasteiger partial charge in [0.1, 0.15) is 5.75 Å². The number of fused-ring (bicyclic) bond motifs is 1. The Kier molecular flexibility index (Phi) is 3.71. The Morgan fingerprint density at radius 2 is 1.96 bits per heavy atom. The highest BCUT2D eigenvalue weighted by Gasteiger charge is 2.12. The van der Waals surface area contributed by atoms with E-state index in [-0.39, 0.29) is 16.6 Å². The lowest BCUT2D eigenvalue weighted by molar-refractivity contribution is -0.384. The molecule has 0 fully saturated rings. The van der Waals surface area contributed by atoms with Crippen molar-refractivity contribution in [3.05, 3.63) is 57.2 Å². The van der Waals surface area contributed by atoms with E-state index in [1.165, 1.54) is 18.2 Å². The number of phenolic OH excluding ortho intramolecular Hbond substituents is 1. The van der Waals surface area contributed by atoms with Gasteiger partial charge in [0.15, 0.2) is 11.0 Å². The minimum absolute atomic E-state index is 0.0713. The number of nitrogens with one attached hydrogen (secondary N) is 1. The minimum Gasteiger partial charge on any atom is -0.508 e. The van der Waals surface area contributed by atoms with Gasteiger partial charge in [-0.05, 0) is 36.8 Å². The third-order valence-electron chi connectivity index (χ3n) is 3.28. The average Bonchev–Trinajstić information content (AvgIpc) is 2.50. The van der Waals surface area contributed by atoms with Gasteiger partial charge in [0.2, 0.25) is 0 Å². The smallest absolute Gasteiger partial charge is 0.271 e. The molecule has 0 atom stereocenters. The minimum atomic E-state index is -0.499. The number of non-ortho nitro benzene ring substituents is 1. The third kappa shape index (κ3) is 3.00. The Morgan fingerprint density at radius 3 is 2.65 bits per heavy atom. The molecule has 0 aliphatic carbocycles. The number of rotatable bonds is 3. The Labute approximate surface area is 135 Å². The molecule has 3 rings (SSSR count). The van der Waals surface area contributed by atoms with E-state index < -0.39 is 4.92 Å². The summed E-state index contributed by atoms with van der Waals surface area (Å²) < 4.78 is 0. The second-order valence-corrected chi connectivity index (χ2v) is 5.28. The SMILES string of the molecule is Cc1cc(O)ccc1Nc1nc2ccc([N+](=O)[O-])cc2nc1Cl. The van der Waals surface area contributed by atoms with Crippen LogP contribution in [0.5, 0.6) is 5.75 Å². The molecule has 0 saturated carbocycles. The number of phenols is 1. The van der Waals surface area contributed by atoms with E-state index in [0.717, 1.165) is 11.3 Å². The molecule has 0 bridgehead atoms. The number of nitro groups is 1. The van der Waals surface area contributed by atoms with Gasteiger partial charge in [-0.3, -0.25) is 10.1 Å². The van der Waals surface area contributed by atoms with Crippen LogP contribution in [0.15, 0.2) is 36.4 Å². The summed E-state index contributed by atoms with van der Waals surface area (Å²) in [4.78, 5) is 18.8. The summed E-state index contributed by atoms with van der Waals surface area (Å²) in [5.74, 6) is 0.498. The van der Waals surface area contributed by atoms with Crippen molar-refractivity contribution in [1.82, 2.24) is 9.97 Å². The first-order valence-electron chi connectivity index (χ1n) is 6.62. The van der Waals surface area contributed by atoms with Crippen LogP contribution in [0.1, 0.15) is 5.56 Å². The number of hydrogen-bond acceptors (Lipinski definition) is 6. The molecule has 23 heavy (non-hydrogen) atoms. The number of hydrogen-bond donors (Lipinski definition) is 2. The maximum atomic E-state index is 10.8. The van der Waals surface area contributed by atoms with Crippen LogP contribution in [-0.4, -0.2) is 20.0 Å². The maximum absolute atomic E-state index is 10.8. The van der Waals surface area contributed by atoms with Crippen molar-refractivity contribution in [2.75, 3.05) is 5.32 Å². The molecule has 3 aromatic rings. The molecule has 0 aliphatic heterocycles. The number of halogens is 1. The molecule has 0 spiro atoms. The predicted octanol–water partition coefficient (Wildman–Crippen LogP) is 3.95. The molecular weight excluding hydrogens is 320 g/mol. The molecule has 0 radical (unpaired) electrons. The normalized spacial score (nSPS) is 10.7. The van der Waals surface area contributed by atoms with Gasteiger partial charge in [-0.1, -0.05) is 11.6 Å². The number of aromatic hydroxyl groups is 1. The molecule has 0 saturated heterocycles. The molecule has 2 aromatic carbocycles. The molecule has 0 amide bonds. The molecule has 0 unspecified atom stereocenters. The first kappa shape index (κ1) is 15.0. The third-order valence-corrected chi connectivity index (χ3v) is 3.54.